The number of carbonyl (C=O) groups excluding carboxylic acids is 2. The van der Waals surface area contributed by atoms with Crippen molar-refractivity contribution in [1.29, 1.82) is 0 Å². The number of allylic oxidation sites excluding steroid dienone is 1. The number of rotatable bonds is 3. The summed E-state index contributed by atoms with van der Waals surface area (Å²) in [6, 6.07) is 31.5. The first-order chi connectivity index (χ1) is 17.6. The van der Waals surface area contributed by atoms with E-state index < -0.39 is 0 Å². The van der Waals surface area contributed by atoms with Gasteiger partial charge in [-0.3, -0.25) is 9.59 Å². The van der Waals surface area contributed by atoms with Gasteiger partial charge in [0.1, 0.15) is 0 Å². The lowest BCUT2D eigenvalue weighted by Gasteiger charge is -2.02. The Morgan fingerprint density at radius 2 is 1.25 bits per heavy atom. The van der Waals surface area contributed by atoms with Crippen LogP contribution < -0.4 is 0 Å². The average Bonchev–Trinajstić information content (AvgIpc) is 3.56. The minimum atomic E-state index is -0.238. The van der Waals surface area contributed by atoms with Gasteiger partial charge in [-0.1, -0.05) is 66.7 Å². The minimum absolute atomic E-state index is 0.181. The molecule has 36 heavy (non-hydrogen) atoms. The highest BCUT2D eigenvalue weighted by molar-refractivity contribution is 7.19. The predicted octanol–water partition coefficient (Wildman–Crippen LogP) is 7.84. The fourth-order valence-electron chi connectivity index (χ4n) is 4.67. The number of fused-ring (bicyclic) bond motifs is 3. The molecule has 0 N–H and O–H groups in total. The quantitative estimate of drug-likeness (QED) is 0.190. The standard InChI is InChI=1S/C31H17NO3S/c33-28-24-14-21-8-4-5-9-22(21)15-25(24)29(34)26(28)16-23-17-27-31(36-23)32-30(35-27)20-12-10-19(11-13-20)18-6-2-1-3-7-18/h1-17H. The van der Waals surface area contributed by atoms with Crippen LogP contribution in [0.25, 0.3) is 49.8 Å². The van der Waals surface area contributed by atoms with Gasteiger partial charge in [-0.25, -0.2) is 0 Å². The summed E-state index contributed by atoms with van der Waals surface area (Å²) in [5, 5.41) is 1.89. The van der Waals surface area contributed by atoms with E-state index in [-0.39, 0.29) is 17.1 Å². The number of aromatic nitrogens is 1. The van der Waals surface area contributed by atoms with Crippen LogP contribution in [0.15, 0.2) is 107 Å². The highest BCUT2D eigenvalue weighted by atomic mass is 32.1. The molecule has 1 aliphatic carbocycles. The number of thiophene rings is 1. The van der Waals surface area contributed by atoms with Crippen LogP contribution in [0.2, 0.25) is 0 Å². The lowest BCUT2D eigenvalue weighted by atomic mass is 10.0. The number of nitrogens with zero attached hydrogens (tertiary/aromatic N) is 1. The summed E-state index contributed by atoms with van der Waals surface area (Å²) in [7, 11) is 0. The Morgan fingerprint density at radius 1 is 0.667 bits per heavy atom. The number of oxazole rings is 1. The van der Waals surface area contributed by atoms with Crippen molar-refractivity contribution in [2.45, 2.75) is 0 Å². The second-order valence-electron chi connectivity index (χ2n) is 8.74. The lowest BCUT2D eigenvalue weighted by molar-refractivity contribution is 0.0990. The van der Waals surface area contributed by atoms with Gasteiger partial charge in [-0.05, 0) is 52.2 Å². The van der Waals surface area contributed by atoms with Crippen LogP contribution in [0.1, 0.15) is 25.6 Å². The Balaban J connectivity index is 1.19. The van der Waals surface area contributed by atoms with Gasteiger partial charge in [0.25, 0.3) is 0 Å². The van der Waals surface area contributed by atoms with Crippen LogP contribution in [0.3, 0.4) is 0 Å². The monoisotopic (exact) mass is 483 g/mol. The van der Waals surface area contributed by atoms with Crippen LogP contribution in [0.4, 0.5) is 0 Å². The molecule has 0 saturated carbocycles. The summed E-state index contributed by atoms with van der Waals surface area (Å²) in [5.74, 6) is 0.0676. The van der Waals surface area contributed by atoms with Gasteiger partial charge >= 0.3 is 0 Å². The first-order valence-corrected chi connectivity index (χ1v) is 12.4. The van der Waals surface area contributed by atoms with Gasteiger partial charge in [-0.15, -0.1) is 11.3 Å². The van der Waals surface area contributed by atoms with E-state index in [0.717, 1.165) is 37.2 Å². The molecule has 0 spiro atoms. The summed E-state index contributed by atoms with van der Waals surface area (Å²) in [5.41, 5.74) is 4.91. The molecule has 0 saturated heterocycles. The van der Waals surface area contributed by atoms with Crippen LogP contribution >= 0.6 is 11.3 Å². The molecular weight excluding hydrogens is 466 g/mol. The molecule has 0 atom stereocenters. The second kappa shape index (κ2) is 7.97. The highest BCUT2D eigenvalue weighted by Crippen LogP contribution is 2.35. The predicted molar refractivity (Wildman–Crippen MR) is 143 cm³/mol. The molecule has 2 heterocycles. The lowest BCUT2D eigenvalue weighted by Crippen LogP contribution is -1.99. The molecule has 0 fully saturated rings. The topological polar surface area (TPSA) is 60.2 Å². The zero-order valence-corrected chi connectivity index (χ0v) is 19.7. The van der Waals surface area contributed by atoms with Crippen LogP contribution in [0, 0.1) is 0 Å². The van der Waals surface area contributed by atoms with Crippen LogP contribution in [0.5, 0.6) is 0 Å². The molecule has 0 bridgehead atoms. The maximum absolute atomic E-state index is 13.1. The van der Waals surface area contributed by atoms with Crippen molar-refractivity contribution in [3.63, 3.8) is 0 Å². The van der Waals surface area contributed by atoms with Crippen LogP contribution in [-0.2, 0) is 0 Å². The molecule has 0 amide bonds. The third kappa shape index (κ3) is 3.33. The maximum atomic E-state index is 13.1. The number of benzene rings is 4. The molecule has 1 aliphatic rings. The van der Waals surface area contributed by atoms with E-state index in [1.54, 1.807) is 6.08 Å². The van der Waals surface area contributed by atoms with E-state index in [4.69, 9.17) is 4.42 Å². The Morgan fingerprint density at radius 3 is 1.89 bits per heavy atom. The Labute approximate surface area is 210 Å². The number of carbonyl (C=O) groups is 2. The smallest absolute Gasteiger partial charge is 0.228 e. The zero-order valence-electron chi connectivity index (χ0n) is 18.9. The largest absolute Gasteiger partial charge is 0.435 e. The van der Waals surface area contributed by atoms with Crippen molar-refractivity contribution in [2.75, 3.05) is 0 Å². The van der Waals surface area contributed by atoms with Gasteiger partial charge in [0, 0.05) is 27.6 Å². The summed E-state index contributed by atoms with van der Waals surface area (Å²) >= 11 is 1.40. The molecule has 5 heteroatoms. The molecule has 0 aliphatic heterocycles. The number of hydrogen-bond acceptors (Lipinski definition) is 5. The van der Waals surface area contributed by atoms with Gasteiger partial charge in [0.15, 0.2) is 22.0 Å². The van der Waals surface area contributed by atoms with E-state index in [1.807, 2.05) is 72.8 Å². The van der Waals surface area contributed by atoms with Gasteiger partial charge in [-0.2, -0.15) is 4.98 Å². The van der Waals surface area contributed by atoms with Crippen molar-refractivity contribution < 1.29 is 14.0 Å². The Hall–Kier alpha value is -4.61. The molecule has 2 aromatic heterocycles. The maximum Gasteiger partial charge on any atom is 0.228 e. The first kappa shape index (κ1) is 20.7. The van der Waals surface area contributed by atoms with Gasteiger partial charge in [0.05, 0.1) is 5.57 Å². The number of hydrogen-bond donors (Lipinski definition) is 0. The van der Waals surface area contributed by atoms with Gasteiger partial charge < -0.3 is 4.42 Å². The molecule has 0 unspecified atom stereocenters. The molecule has 170 valence electrons. The Kier molecular flexibility index (Phi) is 4.59. The fraction of sp³-hybridized carbons (Fsp3) is 0. The molecule has 4 nitrogen and oxygen atoms in total. The SMILES string of the molecule is O=C1C(=Cc2cc3oc(-c4ccc(-c5ccccc5)cc4)nc3s2)C(=O)c2cc3ccccc3cc21. The van der Waals surface area contributed by atoms with Crippen molar-refractivity contribution in [3.8, 4) is 22.6 Å². The van der Waals surface area contributed by atoms with Gasteiger partial charge in [0.2, 0.25) is 5.89 Å². The third-order valence-corrected chi connectivity index (χ3v) is 7.46. The Bertz CT molecular complexity index is 1770. The number of ketones is 2. The minimum Gasteiger partial charge on any atom is -0.435 e. The van der Waals surface area contributed by atoms with E-state index in [0.29, 0.717) is 22.6 Å². The van der Waals surface area contributed by atoms with Crippen molar-refractivity contribution in [1.82, 2.24) is 4.98 Å². The summed E-state index contributed by atoms with van der Waals surface area (Å²) in [6.07, 6.45) is 1.66. The van der Waals surface area contributed by atoms with Crippen molar-refractivity contribution >= 4 is 50.2 Å². The summed E-state index contributed by atoms with van der Waals surface area (Å²) in [4.78, 5) is 32.2. The highest BCUT2D eigenvalue weighted by Gasteiger charge is 2.33. The zero-order chi connectivity index (χ0) is 24.2. The van der Waals surface area contributed by atoms with E-state index in [9.17, 15) is 9.59 Å². The number of Topliss-reactive ketones (excluding diaryl/α,β-unsaturated/α-hetero) is 2. The van der Waals surface area contributed by atoms with Crippen molar-refractivity contribution in [2.24, 2.45) is 0 Å². The fourth-order valence-corrected chi connectivity index (χ4v) is 5.56. The van der Waals surface area contributed by atoms with Crippen molar-refractivity contribution in [3.05, 3.63) is 119 Å². The van der Waals surface area contributed by atoms with Crippen LogP contribution in [-0.4, -0.2) is 16.6 Å². The second-order valence-corrected chi connectivity index (χ2v) is 9.80. The first-order valence-electron chi connectivity index (χ1n) is 11.5. The summed E-state index contributed by atoms with van der Waals surface area (Å²) in [6.45, 7) is 0. The third-order valence-electron chi connectivity index (χ3n) is 6.50. The molecule has 6 aromatic rings. The molecule has 7 rings (SSSR count). The average molecular weight is 484 g/mol. The normalized spacial score (nSPS) is 13.1. The van der Waals surface area contributed by atoms with E-state index in [1.165, 1.54) is 11.3 Å². The summed E-state index contributed by atoms with van der Waals surface area (Å²) < 4.78 is 6.01. The van der Waals surface area contributed by atoms with E-state index in [2.05, 4.69) is 29.2 Å². The van der Waals surface area contributed by atoms with E-state index >= 15 is 0 Å². The molecule has 4 aromatic carbocycles. The molecular formula is C31H17NO3S. The molecule has 0 radical (unpaired) electrons.